The third-order valence-electron chi connectivity index (χ3n) is 7.62. The summed E-state index contributed by atoms with van der Waals surface area (Å²) in [7, 11) is 0. The first-order chi connectivity index (χ1) is 19.2. The number of alkyl halides is 2. The molecule has 6 rings (SSSR count). The zero-order valence-corrected chi connectivity index (χ0v) is 22.1. The number of nitrogens with one attached hydrogen (secondary N) is 1. The fraction of sp³-hybridized carbons (Fsp3) is 0.464. The van der Waals surface area contributed by atoms with E-state index in [2.05, 4.69) is 15.3 Å². The van der Waals surface area contributed by atoms with Gasteiger partial charge in [-0.2, -0.15) is 9.97 Å². The average molecular weight is 558 g/mol. The first-order valence-electron chi connectivity index (χ1n) is 13.5. The summed E-state index contributed by atoms with van der Waals surface area (Å²) in [4.78, 5) is 26.5. The molecular formula is C28H30F3N5O4. The lowest BCUT2D eigenvalue weighted by molar-refractivity contribution is 0.0194. The highest BCUT2D eigenvalue weighted by atomic mass is 19.3. The Labute approximate surface area is 228 Å². The van der Waals surface area contributed by atoms with Gasteiger partial charge < -0.3 is 29.7 Å². The zero-order valence-electron chi connectivity index (χ0n) is 22.1. The molecular weight excluding hydrogens is 527 g/mol. The predicted molar refractivity (Wildman–Crippen MR) is 142 cm³/mol. The number of anilines is 2. The fourth-order valence-corrected chi connectivity index (χ4v) is 5.73. The number of rotatable bonds is 6. The van der Waals surface area contributed by atoms with E-state index >= 15 is 0 Å². The van der Waals surface area contributed by atoms with Gasteiger partial charge in [-0.05, 0) is 35.9 Å². The summed E-state index contributed by atoms with van der Waals surface area (Å²) < 4.78 is 53.5. The molecule has 0 bridgehead atoms. The minimum absolute atomic E-state index is 0.00774. The quantitative estimate of drug-likeness (QED) is 0.472. The molecule has 4 heterocycles. The Morgan fingerprint density at radius 1 is 1.23 bits per heavy atom. The van der Waals surface area contributed by atoms with Gasteiger partial charge in [-0.1, -0.05) is 13.0 Å². The largest absolute Gasteiger partial charge is 0.508 e. The molecule has 3 aliphatic heterocycles. The van der Waals surface area contributed by atoms with E-state index in [1.165, 1.54) is 17.0 Å². The van der Waals surface area contributed by atoms with Gasteiger partial charge in [-0.15, -0.1) is 0 Å². The normalized spacial score (nSPS) is 20.7. The molecule has 1 amide bonds. The molecule has 0 saturated carbocycles. The van der Waals surface area contributed by atoms with Crippen molar-refractivity contribution in [3.63, 3.8) is 0 Å². The first-order valence-corrected chi connectivity index (χ1v) is 13.5. The lowest BCUT2D eigenvalue weighted by Crippen LogP contribution is -2.31. The second kappa shape index (κ2) is 10.4. The van der Waals surface area contributed by atoms with Crippen LogP contribution in [0.15, 0.2) is 24.3 Å². The molecule has 2 saturated heterocycles. The van der Waals surface area contributed by atoms with Crippen molar-refractivity contribution in [3.05, 3.63) is 46.9 Å². The summed E-state index contributed by atoms with van der Waals surface area (Å²) >= 11 is 0. The number of carbonyl (C=O) groups is 1. The van der Waals surface area contributed by atoms with E-state index in [1.807, 2.05) is 11.8 Å². The third kappa shape index (κ3) is 4.90. The van der Waals surface area contributed by atoms with Crippen molar-refractivity contribution >= 4 is 28.2 Å². The summed E-state index contributed by atoms with van der Waals surface area (Å²) in [5.41, 5.74) is 1.52. The maximum Gasteiger partial charge on any atom is 0.318 e. The second-order valence-electron chi connectivity index (χ2n) is 10.4. The highest BCUT2D eigenvalue weighted by molar-refractivity contribution is 6.16. The summed E-state index contributed by atoms with van der Waals surface area (Å²) in [5.74, 6) is -3.23. The van der Waals surface area contributed by atoms with Crippen LogP contribution in [0, 0.1) is 5.82 Å². The molecule has 3 aromatic rings. The second-order valence-corrected chi connectivity index (χ2v) is 10.4. The number of fused-ring (bicyclic) bond motifs is 2. The van der Waals surface area contributed by atoms with Gasteiger partial charge in [0.05, 0.1) is 31.1 Å². The van der Waals surface area contributed by atoms with Crippen molar-refractivity contribution in [2.75, 3.05) is 49.3 Å². The van der Waals surface area contributed by atoms with Gasteiger partial charge in [-0.3, -0.25) is 4.79 Å². The third-order valence-corrected chi connectivity index (χ3v) is 7.62. The number of aryl methyl sites for hydroxylation is 1. The summed E-state index contributed by atoms with van der Waals surface area (Å²) in [6.45, 7) is 3.53. The van der Waals surface area contributed by atoms with E-state index in [0.29, 0.717) is 71.8 Å². The molecule has 40 heavy (non-hydrogen) atoms. The lowest BCUT2D eigenvalue weighted by Gasteiger charge is -2.24. The van der Waals surface area contributed by atoms with Crippen molar-refractivity contribution in [2.24, 2.45) is 0 Å². The Hall–Kier alpha value is -3.64. The van der Waals surface area contributed by atoms with Gasteiger partial charge in [0.25, 0.3) is 11.8 Å². The van der Waals surface area contributed by atoms with E-state index in [9.17, 15) is 23.1 Å². The molecule has 1 atom stereocenters. The van der Waals surface area contributed by atoms with Gasteiger partial charge in [0, 0.05) is 43.6 Å². The monoisotopic (exact) mass is 557 g/mol. The van der Waals surface area contributed by atoms with Crippen molar-refractivity contribution in [3.8, 4) is 11.8 Å². The zero-order chi connectivity index (χ0) is 28.0. The molecule has 212 valence electrons. The molecule has 0 radical (unpaired) electrons. The van der Waals surface area contributed by atoms with Gasteiger partial charge >= 0.3 is 6.01 Å². The average Bonchev–Trinajstić information content (AvgIpc) is 3.30. The van der Waals surface area contributed by atoms with Crippen molar-refractivity contribution < 1.29 is 32.5 Å². The Morgan fingerprint density at radius 2 is 2.08 bits per heavy atom. The van der Waals surface area contributed by atoms with E-state index in [0.717, 1.165) is 6.42 Å². The van der Waals surface area contributed by atoms with Crippen LogP contribution in [0.5, 0.6) is 11.8 Å². The minimum atomic E-state index is -2.79. The topological polar surface area (TPSA) is 100 Å². The Morgan fingerprint density at radius 3 is 2.85 bits per heavy atom. The standard InChI is InChI=1S/C28H30F3N5O4/c1-2-19-20(29)5-4-16-10-18(37)11-22(23(16)19)36-13-21-24(26(36)38)25(35-6-3-8-39-9-7-35)34-27(33-21)40-14-17-12-28(30,31)15-32-17/h4-5,10-11,17,32,37H,2-3,6-9,12-15H2,1H3/t17-/m0/s1. The molecule has 0 spiro atoms. The van der Waals surface area contributed by atoms with Crippen LogP contribution in [0.3, 0.4) is 0 Å². The Bertz CT molecular complexity index is 1460. The Kier molecular flexibility index (Phi) is 6.91. The number of halogens is 3. The number of carbonyl (C=O) groups excluding carboxylic acids is 1. The highest BCUT2D eigenvalue weighted by Crippen LogP contribution is 2.41. The number of benzene rings is 2. The number of aromatic nitrogens is 2. The van der Waals surface area contributed by atoms with E-state index < -0.39 is 24.3 Å². The maximum absolute atomic E-state index is 14.8. The van der Waals surface area contributed by atoms with Crippen LogP contribution in [0.2, 0.25) is 0 Å². The van der Waals surface area contributed by atoms with Crippen LogP contribution in [0.1, 0.15) is 41.4 Å². The Balaban J connectivity index is 1.40. The summed E-state index contributed by atoms with van der Waals surface area (Å²) in [5, 5.41) is 14.4. The van der Waals surface area contributed by atoms with Crippen LogP contribution < -0.4 is 19.9 Å². The van der Waals surface area contributed by atoms with Crippen LogP contribution in [0.25, 0.3) is 10.8 Å². The molecule has 12 heteroatoms. The number of amides is 1. The lowest BCUT2D eigenvalue weighted by atomic mass is 9.99. The van der Waals surface area contributed by atoms with Gasteiger partial charge in [0.2, 0.25) is 0 Å². The van der Waals surface area contributed by atoms with E-state index in [1.54, 1.807) is 12.1 Å². The van der Waals surface area contributed by atoms with Crippen LogP contribution in [-0.4, -0.2) is 72.4 Å². The van der Waals surface area contributed by atoms with E-state index in [-0.39, 0.29) is 37.2 Å². The van der Waals surface area contributed by atoms with Crippen LogP contribution in [0.4, 0.5) is 24.7 Å². The molecule has 0 aliphatic carbocycles. The van der Waals surface area contributed by atoms with Crippen LogP contribution in [-0.2, 0) is 17.7 Å². The number of phenols is 1. The van der Waals surface area contributed by atoms with Gasteiger partial charge in [-0.25, -0.2) is 13.2 Å². The molecule has 9 nitrogen and oxygen atoms in total. The van der Waals surface area contributed by atoms with Crippen molar-refractivity contribution in [1.29, 1.82) is 0 Å². The predicted octanol–water partition coefficient (Wildman–Crippen LogP) is 3.80. The molecule has 0 unspecified atom stereocenters. The number of aromatic hydroxyl groups is 1. The molecule has 2 fully saturated rings. The molecule has 1 aromatic heterocycles. The number of phenolic OH excluding ortho intramolecular Hbond substituents is 1. The van der Waals surface area contributed by atoms with Crippen molar-refractivity contribution in [2.45, 2.75) is 44.7 Å². The van der Waals surface area contributed by atoms with Crippen LogP contribution >= 0.6 is 0 Å². The summed E-state index contributed by atoms with van der Waals surface area (Å²) in [6, 6.07) is 5.37. The van der Waals surface area contributed by atoms with Gasteiger partial charge in [0.15, 0.2) is 0 Å². The fourth-order valence-electron chi connectivity index (χ4n) is 5.73. The number of ether oxygens (including phenoxy) is 2. The molecule has 2 N–H and O–H groups in total. The number of hydrogen-bond acceptors (Lipinski definition) is 8. The highest BCUT2D eigenvalue weighted by Gasteiger charge is 2.40. The number of nitrogens with zero attached hydrogens (tertiary/aromatic N) is 4. The van der Waals surface area contributed by atoms with Crippen molar-refractivity contribution in [1.82, 2.24) is 15.3 Å². The number of hydrogen-bond donors (Lipinski definition) is 2. The SMILES string of the molecule is CCc1c(F)ccc2cc(O)cc(N3Cc4nc(OC[C@@H]5CC(F)(F)CN5)nc(N5CCCOCC5)c4C3=O)c12. The maximum atomic E-state index is 14.8. The van der Waals surface area contributed by atoms with Gasteiger partial charge in [0.1, 0.15) is 29.6 Å². The summed E-state index contributed by atoms with van der Waals surface area (Å²) in [6.07, 6.45) is 0.771. The molecule has 3 aliphatic rings. The smallest absolute Gasteiger partial charge is 0.318 e. The first kappa shape index (κ1) is 26.6. The molecule has 2 aromatic carbocycles. The van der Waals surface area contributed by atoms with E-state index in [4.69, 9.17) is 9.47 Å². The minimum Gasteiger partial charge on any atom is -0.508 e.